The summed E-state index contributed by atoms with van der Waals surface area (Å²) in [7, 11) is 0. The van der Waals surface area contributed by atoms with Crippen LogP contribution in [0.25, 0.3) is 0 Å². The maximum absolute atomic E-state index is 10.1. The van der Waals surface area contributed by atoms with E-state index in [1.165, 1.54) is 0 Å². The minimum absolute atomic E-state index is 0. The summed E-state index contributed by atoms with van der Waals surface area (Å²) in [4.78, 5) is 31.2. The molecule has 7 nitrogen and oxygen atoms in total. The topological polar surface area (TPSA) is 115 Å². The molecule has 0 aromatic carbocycles. The summed E-state index contributed by atoms with van der Waals surface area (Å²) >= 11 is 0. The smallest absolute Gasteiger partial charge is 0.317 e. The minimum atomic E-state index is -1.26. The first-order valence-electron chi connectivity index (χ1n) is 3.29. The summed E-state index contributed by atoms with van der Waals surface area (Å²) in [5.41, 5.74) is 0. The number of carbonyl (C=O) groups is 3. The van der Waals surface area contributed by atoms with Gasteiger partial charge in [0.05, 0.1) is 19.6 Å². The van der Waals surface area contributed by atoms with Gasteiger partial charge >= 0.3 is 17.9 Å². The van der Waals surface area contributed by atoms with E-state index in [1.54, 1.807) is 0 Å². The van der Waals surface area contributed by atoms with E-state index in [-0.39, 0.29) is 46.6 Å². The van der Waals surface area contributed by atoms with Crippen LogP contribution in [0.3, 0.4) is 0 Å². The molecule has 0 rings (SSSR count). The van der Waals surface area contributed by atoms with E-state index in [1.807, 2.05) is 0 Å². The Morgan fingerprint density at radius 1 is 0.800 bits per heavy atom. The summed E-state index contributed by atoms with van der Waals surface area (Å²) in [5, 5.41) is 24.8. The number of nitrogens with zero attached hydrogens (tertiary/aromatic N) is 1. The fourth-order valence-corrected chi connectivity index (χ4v) is 0.742. The molecule has 1 radical (unpaired) electrons. The van der Waals surface area contributed by atoms with Gasteiger partial charge in [-0.05, 0) is 0 Å². The second kappa shape index (κ2) is 10.4. The van der Waals surface area contributed by atoms with Gasteiger partial charge in [-0.2, -0.15) is 0 Å². The Kier molecular flexibility index (Phi) is 14.1. The predicted octanol–water partition coefficient (Wildman–Crippen LogP) is -1.84. The Morgan fingerprint density at radius 3 is 1.13 bits per heavy atom. The summed E-state index contributed by atoms with van der Waals surface area (Å²) < 4.78 is 0. The SMILES string of the molecule is O=C(O)CN(CC(=O)O)CC(=O)O.[Fe].[Na]. The maximum Gasteiger partial charge on any atom is 0.317 e. The standard InChI is InChI=1S/C6H9NO6.Fe.Na/c8-4(9)1-7(2-5(10)11)3-6(12)13;;/h1-3H2,(H,8,9)(H,10,11)(H,12,13);;. The van der Waals surface area contributed by atoms with Crippen LogP contribution in [-0.2, 0) is 31.5 Å². The van der Waals surface area contributed by atoms with Gasteiger partial charge in [-0.1, -0.05) is 0 Å². The molecular formula is C6H9FeNNaO6. The van der Waals surface area contributed by atoms with Crippen molar-refractivity contribution in [1.82, 2.24) is 4.90 Å². The molecule has 0 bridgehead atoms. The van der Waals surface area contributed by atoms with Crippen LogP contribution in [0.15, 0.2) is 0 Å². The molecule has 0 unspecified atom stereocenters. The van der Waals surface area contributed by atoms with Crippen LogP contribution in [-0.4, -0.2) is 87.3 Å². The maximum atomic E-state index is 10.1. The van der Waals surface area contributed by atoms with E-state index < -0.39 is 37.5 Å². The molecule has 0 aromatic rings. The minimum Gasteiger partial charge on any atom is -0.480 e. The summed E-state index contributed by atoms with van der Waals surface area (Å²) in [6, 6.07) is 0. The van der Waals surface area contributed by atoms with E-state index in [0.29, 0.717) is 0 Å². The van der Waals surface area contributed by atoms with Gasteiger partial charge in [0.2, 0.25) is 0 Å². The number of carboxylic acid groups (broad SMARTS) is 3. The summed E-state index contributed by atoms with van der Waals surface area (Å²) in [6.45, 7) is -1.80. The van der Waals surface area contributed by atoms with Gasteiger partial charge in [-0.25, -0.2) is 0 Å². The Morgan fingerprint density at radius 2 is 1.00 bits per heavy atom. The molecule has 0 fully saturated rings. The molecule has 0 amide bonds. The molecule has 0 aromatic heterocycles. The van der Waals surface area contributed by atoms with Crippen molar-refractivity contribution < 1.29 is 46.8 Å². The average Bonchev–Trinajstić information content (AvgIpc) is 1.80. The van der Waals surface area contributed by atoms with Crippen molar-refractivity contribution in [3.05, 3.63) is 0 Å². The second-order valence-corrected chi connectivity index (χ2v) is 2.33. The number of carboxylic acids is 3. The number of aliphatic carboxylic acids is 3. The third-order valence-electron chi connectivity index (χ3n) is 1.08. The van der Waals surface area contributed by atoms with Gasteiger partial charge in [0.1, 0.15) is 0 Å². The molecule has 9 heteroatoms. The van der Waals surface area contributed by atoms with Crippen molar-refractivity contribution in [3.63, 3.8) is 0 Å². The first kappa shape index (κ1) is 20.3. The van der Waals surface area contributed by atoms with Crippen LogP contribution in [0.1, 0.15) is 0 Å². The first-order valence-corrected chi connectivity index (χ1v) is 3.29. The largest absolute Gasteiger partial charge is 0.480 e. The zero-order chi connectivity index (χ0) is 10.4. The molecule has 3 N–H and O–H groups in total. The molecule has 0 aliphatic heterocycles. The Labute approximate surface area is 118 Å². The van der Waals surface area contributed by atoms with Gasteiger partial charge in [0.15, 0.2) is 0 Å². The predicted molar refractivity (Wildman–Crippen MR) is 45.1 cm³/mol. The van der Waals surface area contributed by atoms with Crippen LogP contribution in [0.2, 0.25) is 0 Å². The summed E-state index contributed by atoms with van der Waals surface area (Å²) in [6.07, 6.45) is 0. The molecule has 0 aliphatic carbocycles. The van der Waals surface area contributed by atoms with Crippen LogP contribution >= 0.6 is 0 Å². The molecule has 0 spiro atoms. The van der Waals surface area contributed by atoms with E-state index in [0.717, 1.165) is 4.90 Å². The second-order valence-electron chi connectivity index (χ2n) is 2.33. The molecule has 15 heavy (non-hydrogen) atoms. The van der Waals surface area contributed by atoms with Crippen molar-refractivity contribution in [2.24, 2.45) is 0 Å². The van der Waals surface area contributed by atoms with Gasteiger partial charge in [-0.15, -0.1) is 0 Å². The van der Waals surface area contributed by atoms with Crippen LogP contribution in [0.5, 0.6) is 0 Å². The number of rotatable bonds is 6. The fourth-order valence-electron chi connectivity index (χ4n) is 0.742. The molecule has 0 heterocycles. The first-order chi connectivity index (χ1) is 5.91. The van der Waals surface area contributed by atoms with Crippen LogP contribution in [0.4, 0.5) is 0 Å². The van der Waals surface area contributed by atoms with Gasteiger partial charge in [0.25, 0.3) is 0 Å². The van der Waals surface area contributed by atoms with Crippen LogP contribution < -0.4 is 0 Å². The molecule has 0 atom stereocenters. The number of hydrogen-bond acceptors (Lipinski definition) is 4. The molecule has 0 saturated carbocycles. The van der Waals surface area contributed by atoms with E-state index in [4.69, 9.17) is 15.3 Å². The zero-order valence-corrected chi connectivity index (χ0v) is 11.1. The quantitative estimate of drug-likeness (QED) is 0.485. The average molecular weight is 270 g/mol. The monoisotopic (exact) mass is 270 g/mol. The van der Waals surface area contributed by atoms with E-state index in [9.17, 15) is 14.4 Å². The van der Waals surface area contributed by atoms with Crippen molar-refractivity contribution in [2.75, 3.05) is 19.6 Å². The molecule has 0 aliphatic rings. The van der Waals surface area contributed by atoms with Gasteiger partial charge in [-0.3, -0.25) is 19.3 Å². The fraction of sp³-hybridized carbons (Fsp3) is 0.500. The van der Waals surface area contributed by atoms with Gasteiger partial charge in [0, 0.05) is 46.6 Å². The van der Waals surface area contributed by atoms with Gasteiger partial charge < -0.3 is 15.3 Å². The van der Waals surface area contributed by atoms with E-state index >= 15 is 0 Å². The van der Waals surface area contributed by atoms with Crippen molar-refractivity contribution in [2.45, 2.75) is 0 Å². The Bertz CT molecular complexity index is 198. The Balaban J connectivity index is -0.000000720. The Hall–Kier alpha value is -0.111. The molecule has 0 saturated heterocycles. The van der Waals surface area contributed by atoms with E-state index in [2.05, 4.69) is 0 Å². The van der Waals surface area contributed by atoms with Crippen molar-refractivity contribution in [1.29, 1.82) is 0 Å². The van der Waals surface area contributed by atoms with Crippen LogP contribution in [0, 0.1) is 0 Å². The molecule has 83 valence electrons. The normalized spacial score (nSPS) is 8.60. The zero-order valence-electron chi connectivity index (χ0n) is 7.99. The third kappa shape index (κ3) is 13.9. The summed E-state index contributed by atoms with van der Waals surface area (Å²) in [5.74, 6) is -3.78. The number of hydrogen-bond donors (Lipinski definition) is 3. The molecular weight excluding hydrogens is 261 g/mol. The third-order valence-corrected chi connectivity index (χ3v) is 1.08. The van der Waals surface area contributed by atoms with Crippen molar-refractivity contribution in [3.8, 4) is 0 Å². The van der Waals surface area contributed by atoms with Crippen molar-refractivity contribution >= 4 is 47.5 Å².